The predicted octanol–water partition coefficient (Wildman–Crippen LogP) is 4.73. The van der Waals surface area contributed by atoms with Gasteiger partial charge >= 0.3 is 0 Å². The molecule has 2 aromatic carbocycles. The molecule has 0 radical (unpaired) electrons. The molecular formula is C15H7ClF3N. The van der Waals surface area contributed by atoms with Crippen molar-refractivity contribution in [2.75, 3.05) is 0 Å². The van der Waals surface area contributed by atoms with Crippen LogP contribution in [-0.2, 0) is 0 Å². The molecule has 0 unspecified atom stereocenters. The Hall–Kier alpha value is -2.25. The van der Waals surface area contributed by atoms with Crippen molar-refractivity contribution in [3.05, 3.63) is 71.0 Å². The van der Waals surface area contributed by atoms with Crippen LogP contribution in [0.3, 0.4) is 0 Å². The molecular weight excluding hydrogens is 287 g/mol. The van der Waals surface area contributed by atoms with Gasteiger partial charge in [-0.25, -0.2) is 13.2 Å². The van der Waals surface area contributed by atoms with E-state index in [-0.39, 0.29) is 16.2 Å². The summed E-state index contributed by atoms with van der Waals surface area (Å²) in [6, 6.07) is 11.9. The van der Waals surface area contributed by atoms with E-state index >= 15 is 0 Å². The standard InChI is InChI=1S/C15H7ClF3N/c16-13(10-6-7-12(17)15(19)14(10)18)11(8-20)9-4-2-1-3-5-9/h1-7H. The van der Waals surface area contributed by atoms with Crippen molar-refractivity contribution < 1.29 is 13.2 Å². The van der Waals surface area contributed by atoms with Crippen molar-refractivity contribution in [1.29, 1.82) is 5.26 Å². The fourth-order valence-corrected chi connectivity index (χ4v) is 1.97. The van der Waals surface area contributed by atoms with Gasteiger partial charge in [0.25, 0.3) is 0 Å². The second-order valence-corrected chi connectivity index (χ2v) is 4.27. The minimum absolute atomic E-state index is 0.0165. The summed E-state index contributed by atoms with van der Waals surface area (Å²) < 4.78 is 39.8. The van der Waals surface area contributed by atoms with Gasteiger partial charge < -0.3 is 0 Å². The fourth-order valence-electron chi connectivity index (χ4n) is 1.68. The number of benzene rings is 2. The van der Waals surface area contributed by atoms with E-state index in [9.17, 15) is 13.2 Å². The number of nitriles is 1. The quantitative estimate of drug-likeness (QED) is 0.446. The fraction of sp³-hybridized carbons (Fsp3) is 0. The molecule has 0 fully saturated rings. The van der Waals surface area contributed by atoms with Crippen LogP contribution in [-0.4, -0.2) is 0 Å². The molecule has 0 amide bonds. The zero-order chi connectivity index (χ0) is 14.7. The first-order chi connectivity index (χ1) is 9.56. The third kappa shape index (κ3) is 2.54. The Bertz CT molecular complexity index is 718. The van der Waals surface area contributed by atoms with Crippen LogP contribution in [0.5, 0.6) is 0 Å². The minimum atomic E-state index is -1.62. The molecule has 0 bridgehead atoms. The van der Waals surface area contributed by atoms with Gasteiger partial charge in [0.15, 0.2) is 17.5 Å². The summed E-state index contributed by atoms with van der Waals surface area (Å²) >= 11 is 5.96. The Kier molecular flexibility index (Phi) is 4.11. The monoisotopic (exact) mass is 293 g/mol. The maximum atomic E-state index is 13.7. The summed E-state index contributed by atoms with van der Waals surface area (Å²) in [7, 11) is 0. The molecule has 0 N–H and O–H groups in total. The first kappa shape index (κ1) is 14.2. The first-order valence-corrected chi connectivity index (χ1v) is 5.93. The van der Waals surface area contributed by atoms with Crippen LogP contribution in [0.2, 0.25) is 0 Å². The van der Waals surface area contributed by atoms with E-state index < -0.39 is 17.5 Å². The lowest BCUT2D eigenvalue weighted by atomic mass is 10.0. The van der Waals surface area contributed by atoms with Crippen LogP contribution >= 0.6 is 11.6 Å². The largest absolute Gasteiger partial charge is 0.204 e. The SMILES string of the molecule is N#CC(=C(Cl)c1ccc(F)c(F)c1F)c1ccccc1. The van der Waals surface area contributed by atoms with E-state index in [0.717, 1.165) is 12.1 Å². The lowest BCUT2D eigenvalue weighted by Gasteiger charge is -2.06. The maximum Gasteiger partial charge on any atom is 0.195 e. The molecule has 1 nitrogen and oxygen atoms in total. The molecule has 0 saturated heterocycles. The predicted molar refractivity (Wildman–Crippen MR) is 71.0 cm³/mol. The molecule has 0 atom stereocenters. The molecule has 0 aliphatic heterocycles. The molecule has 100 valence electrons. The Balaban J connectivity index is 2.65. The number of halogens is 4. The number of rotatable bonds is 2. The van der Waals surface area contributed by atoms with Gasteiger partial charge in [0.1, 0.15) is 6.07 Å². The molecule has 0 saturated carbocycles. The zero-order valence-corrected chi connectivity index (χ0v) is 10.8. The second-order valence-electron chi connectivity index (χ2n) is 3.89. The Labute approximate surface area is 118 Å². The third-order valence-corrected chi connectivity index (χ3v) is 3.06. The molecule has 0 aliphatic rings. The first-order valence-electron chi connectivity index (χ1n) is 5.55. The van der Waals surface area contributed by atoms with Crippen molar-refractivity contribution >= 4 is 22.2 Å². The number of hydrogen-bond acceptors (Lipinski definition) is 1. The smallest absolute Gasteiger partial charge is 0.195 e. The average Bonchev–Trinajstić information content (AvgIpc) is 2.47. The minimum Gasteiger partial charge on any atom is -0.204 e. The van der Waals surface area contributed by atoms with Gasteiger partial charge in [0.05, 0.1) is 10.6 Å². The van der Waals surface area contributed by atoms with E-state index in [1.165, 1.54) is 0 Å². The Morgan fingerprint density at radius 1 is 0.950 bits per heavy atom. The highest BCUT2D eigenvalue weighted by atomic mass is 35.5. The highest BCUT2D eigenvalue weighted by Gasteiger charge is 2.18. The zero-order valence-electron chi connectivity index (χ0n) is 10.0. The van der Waals surface area contributed by atoms with E-state index in [4.69, 9.17) is 16.9 Å². The molecule has 0 aliphatic carbocycles. The Morgan fingerprint density at radius 3 is 2.20 bits per heavy atom. The van der Waals surface area contributed by atoms with Crippen molar-refractivity contribution in [3.63, 3.8) is 0 Å². The highest BCUT2D eigenvalue weighted by molar-refractivity contribution is 6.53. The van der Waals surface area contributed by atoms with E-state index in [1.807, 2.05) is 6.07 Å². The normalized spacial score (nSPS) is 11.8. The molecule has 2 rings (SSSR count). The molecule has 20 heavy (non-hydrogen) atoms. The summed E-state index contributed by atoms with van der Waals surface area (Å²) in [5, 5.41) is 8.87. The number of hydrogen-bond donors (Lipinski definition) is 0. The van der Waals surface area contributed by atoms with Crippen molar-refractivity contribution in [1.82, 2.24) is 0 Å². The third-order valence-electron chi connectivity index (χ3n) is 2.67. The molecule has 2 aromatic rings. The van der Waals surface area contributed by atoms with E-state index in [0.29, 0.717) is 5.56 Å². The maximum absolute atomic E-state index is 13.7. The van der Waals surface area contributed by atoms with Gasteiger partial charge in [-0.05, 0) is 17.7 Å². The van der Waals surface area contributed by atoms with Gasteiger partial charge in [-0.2, -0.15) is 5.26 Å². The second kappa shape index (κ2) is 5.81. The molecule has 0 heterocycles. The van der Waals surface area contributed by atoms with E-state index in [1.54, 1.807) is 30.3 Å². The molecule has 0 aromatic heterocycles. The number of nitrogens with zero attached hydrogens (tertiary/aromatic N) is 1. The van der Waals surface area contributed by atoms with Gasteiger partial charge in [0.2, 0.25) is 0 Å². The lowest BCUT2D eigenvalue weighted by molar-refractivity contribution is 0.446. The van der Waals surface area contributed by atoms with Crippen LogP contribution in [0.1, 0.15) is 11.1 Å². The van der Waals surface area contributed by atoms with Gasteiger partial charge in [-0.15, -0.1) is 0 Å². The summed E-state index contributed by atoms with van der Waals surface area (Å²) in [5.41, 5.74) is 0.0901. The Morgan fingerprint density at radius 2 is 1.60 bits per heavy atom. The van der Waals surface area contributed by atoms with Crippen LogP contribution in [0, 0.1) is 28.8 Å². The van der Waals surface area contributed by atoms with Crippen molar-refractivity contribution in [2.45, 2.75) is 0 Å². The van der Waals surface area contributed by atoms with Gasteiger partial charge in [-0.3, -0.25) is 0 Å². The summed E-state index contributed by atoms with van der Waals surface area (Å²) in [5.74, 6) is -4.35. The molecule has 0 spiro atoms. The van der Waals surface area contributed by atoms with Crippen LogP contribution in [0.4, 0.5) is 13.2 Å². The van der Waals surface area contributed by atoms with Crippen molar-refractivity contribution in [3.8, 4) is 6.07 Å². The highest BCUT2D eigenvalue weighted by Crippen LogP contribution is 2.32. The van der Waals surface area contributed by atoms with Gasteiger partial charge in [-0.1, -0.05) is 41.9 Å². The summed E-state index contributed by atoms with van der Waals surface area (Å²) in [4.78, 5) is 0. The van der Waals surface area contributed by atoms with Crippen LogP contribution in [0.15, 0.2) is 42.5 Å². The molecule has 5 heteroatoms. The topological polar surface area (TPSA) is 23.8 Å². The van der Waals surface area contributed by atoms with Gasteiger partial charge in [0, 0.05) is 5.56 Å². The van der Waals surface area contributed by atoms with Crippen molar-refractivity contribution in [2.24, 2.45) is 0 Å². The summed E-state index contributed by atoms with van der Waals surface area (Å²) in [6.45, 7) is 0. The van der Waals surface area contributed by atoms with Crippen LogP contribution < -0.4 is 0 Å². The van der Waals surface area contributed by atoms with Crippen LogP contribution in [0.25, 0.3) is 10.6 Å². The number of allylic oxidation sites excluding steroid dienone is 1. The lowest BCUT2D eigenvalue weighted by Crippen LogP contribution is -1.96. The van der Waals surface area contributed by atoms with E-state index in [2.05, 4.69) is 0 Å². The summed E-state index contributed by atoms with van der Waals surface area (Å²) in [6.07, 6.45) is 0. The average molecular weight is 294 g/mol.